The second kappa shape index (κ2) is 10.5. The van der Waals surface area contributed by atoms with Gasteiger partial charge in [-0.05, 0) is 48.7 Å². The summed E-state index contributed by atoms with van der Waals surface area (Å²) in [5, 5.41) is 15.1. The number of halogens is 1. The van der Waals surface area contributed by atoms with Gasteiger partial charge >= 0.3 is 0 Å². The van der Waals surface area contributed by atoms with Crippen molar-refractivity contribution in [3.05, 3.63) is 64.9 Å². The number of nitrogens with one attached hydrogen (secondary N) is 2. The maximum atomic E-state index is 12.2. The van der Waals surface area contributed by atoms with E-state index in [1.165, 1.54) is 11.8 Å². The standard InChI is InChI=1S/C20H20ClN5O2S2/c1-26-17(11-22-19(28)13-6-8-14(21)9-7-13)24-25-20(26)30-12-18(27)23-15-4-3-5-16(10-15)29-2/h3-10H,11-12H2,1-2H3,(H,22,28)(H,23,27). The highest BCUT2D eigenvalue weighted by atomic mass is 35.5. The molecule has 10 heteroatoms. The van der Waals surface area contributed by atoms with Gasteiger partial charge in [0.1, 0.15) is 0 Å². The fraction of sp³-hybridized carbons (Fsp3) is 0.200. The number of carbonyl (C=O) groups excluding carboxylic acids is 2. The molecular weight excluding hydrogens is 442 g/mol. The number of benzene rings is 2. The van der Waals surface area contributed by atoms with Crippen LogP contribution in [-0.4, -0.2) is 38.6 Å². The zero-order chi connectivity index (χ0) is 21.5. The number of rotatable bonds is 8. The highest BCUT2D eigenvalue weighted by Gasteiger charge is 2.13. The zero-order valence-electron chi connectivity index (χ0n) is 16.4. The van der Waals surface area contributed by atoms with Gasteiger partial charge in [-0.25, -0.2) is 0 Å². The quantitative estimate of drug-likeness (QED) is 0.495. The van der Waals surface area contributed by atoms with Gasteiger partial charge in [-0.1, -0.05) is 29.4 Å². The lowest BCUT2D eigenvalue weighted by molar-refractivity contribution is -0.113. The third kappa shape index (κ3) is 6.01. The summed E-state index contributed by atoms with van der Waals surface area (Å²) in [7, 11) is 1.80. The summed E-state index contributed by atoms with van der Waals surface area (Å²) in [5.74, 6) is 0.439. The number of nitrogens with zero attached hydrogens (tertiary/aromatic N) is 3. The summed E-state index contributed by atoms with van der Waals surface area (Å²) in [4.78, 5) is 25.5. The third-order valence-corrected chi connectivity index (χ3v) is 6.12. The van der Waals surface area contributed by atoms with Crippen LogP contribution in [0.5, 0.6) is 0 Å². The monoisotopic (exact) mass is 461 g/mol. The van der Waals surface area contributed by atoms with Crippen molar-refractivity contribution in [2.24, 2.45) is 7.05 Å². The molecule has 1 heterocycles. The normalized spacial score (nSPS) is 10.6. The molecule has 0 aliphatic rings. The fourth-order valence-corrected chi connectivity index (χ4v) is 3.83. The van der Waals surface area contributed by atoms with Crippen molar-refractivity contribution in [2.45, 2.75) is 16.6 Å². The Morgan fingerprint density at radius 1 is 1.13 bits per heavy atom. The van der Waals surface area contributed by atoms with Crippen LogP contribution in [0.15, 0.2) is 58.6 Å². The third-order valence-electron chi connectivity index (χ3n) is 4.12. The van der Waals surface area contributed by atoms with Crippen molar-refractivity contribution in [3.8, 4) is 0 Å². The molecule has 0 bridgehead atoms. The van der Waals surface area contributed by atoms with Gasteiger partial charge in [0.25, 0.3) is 5.91 Å². The molecule has 0 saturated heterocycles. The van der Waals surface area contributed by atoms with E-state index in [4.69, 9.17) is 11.6 Å². The molecule has 2 N–H and O–H groups in total. The van der Waals surface area contributed by atoms with Crippen LogP contribution in [-0.2, 0) is 18.4 Å². The van der Waals surface area contributed by atoms with Crippen LogP contribution in [0.3, 0.4) is 0 Å². The Balaban J connectivity index is 1.51. The Labute approximate surface area is 188 Å². The molecule has 0 fully saturated rings. The Kier molecular flexibility index (Phi) is 7.78. The van der Waals surface area contributed by atoms with E-state index in [-0.39, 0.29) is 24.1 Å². The summed E-state index contributed by atoms with van der Waals surface area (Å²) >= 11 is 8.74. The molecule has 0 aliphatic carbocycles. The molecule has 0 aliphatic heterocycles. The first-order valence-electron chi connectivity index (χ1n) is 8.95. The molecular formula is C20H20ClN5O2S2. The van der Waals surface area contributed by atoms with E-state index < -0.39 is 0 Å². The molecule has 1 aromatic heterocycles. The lowest BCUT2D eigenvalue weighted by Crippen LogP contribution is -2.24. The van der Waals surface area contributed by atoms with E-state index in [0.29, 0.717) is 21.6 Å². The number of anilines is 1. The van der Waals surface area contributed by atoms with Gasteiger partial charge in [0.05, 0.1) is 12.3 Å². The maximum absolute atomic E-state index is 12.2. The van der Waals surface area contributed by atoms with Crippen molar-refractivity contribution in [2.75, 3.05) is 17.3 Å². The Morgan fingerprint density at radius 2 is 1.90 bits per heavy atom. The number of hydrogen-bond donors (Lipinski definition) is 2. The predicted octanol–water partition coefficient (Wildman–Crippen LogP) is 3.85. The van der Waals surface area contributed by atoms with Crippen molar-refractivity contribution < 1.29 is 9.59 Å². The van der Waals surface area contributed by atoms with Crippen LogP contribution in [0.1, 0.15) is 16.2 Å². The van der Waals surface area contributed by atoms with Gasteiger partial charge in [-0.3, -0.25) is 9.59 Å². The van der Waals surface area contributed by atoms with Crippen LogP contribution in [0, 0.1) is 0 Å². The fourth-order valence-electron chi connectivity index (χ4n) is 2.52. The summed E-state index contributed by atoms with van der Waals surface area (Å²) in [6, 6.07) is 14.3. The zero-order valence-corrected chi connectivity index (χ0v) is 18.8. The number of thioether (sulfide) groups is 2. The molecule has 0 saturated carbocycles. The van der Waals surface area contributed by atoms with Crippen LogP contribution in [0.25, 0.3) is 0 Å². The van der Waals surface area contributed by atoms with Crippen LogP contribution in [0.2, 0.25) is 5.02 Å². The number of aromatic nitrogens is 3. The minimum atomic E-state index is -0.226. The van der Waals surface area contributed by atoms with Crippen LogP contribution >= 0.6 is 35.1 Å². The maximum Gasteiger partial charge on any atom is 0.251 e. The molecule has 3 rings (SSSR count). The summed E-state index contributed by atoms with van der Waals surface area (Å²) in [6.45, 7) is 0.221. The molecule has 3 aromatic rings. The lowest BCUT2D eigenvalue weighted by atomic mass is 10.2. The molecule has 0 spiro atoms. The first-order valence-corrected chi connectivity index (χ1v) is 11.5. The molecule has 30 heavy (non-hydrogen) atoms. The van der Waals surface area contributed by atoms with Crippen molar-refractivity contribution in [1.29, 1.82) is 0 Å². The first-order chi connectivity index (χ1) is 14.5. The van der Waals surface area contributed by atoms with E-state index in [9.17, 15) is 9.59 Å². The van der Waals surface area contributed by atoms with Crippen LogP contribution < -0.4 is 10.6 Å². The van der Waals surface area contributed by atoms with E-state index in [2.05, 4.69) is 20.8 Å². The average molecular weight is 462 g/mol. The van der Waals surface area contributed by atoms with Gasteiger partial charge in [0.15, 0.2) is 11.0 Å². The van der Waals surface area contributed by atoms with Gasteiger partial charge < -0.3 is 15.2 Å². The second-order valence-electron chi connectivity index (χ2n) is 6.22. The second-order valence-corrected chi connectivity index (χ2v) is 8.47. The first kappa shape index (κ1) is 22.2. The van der Waals surface area contributed by atoms with Gasteiger partial charge in [0, 0.05) is 28.2 Å². The van der Waals surface area contributed by atoms with Crippen LogP contribution in [0.4, 0.5) is 5.69 Å². The average Bonchev–Trinajstić information content (AvgIpc) is 3.10. The lowest BCUT2D eigenvalue weighted by Gasteiger charge is -2.07. The minimum Gasteiger partial charge on any atom is -0.345 e. The van der Waals surface area contributed by atoms with E-state index in [1.807, 2.05) is 30.5 Å². The molecule has 0 unspecified atom stereocenters. The van der Waals surface area contributed by atoms with Crippen molar-refractivity contribution >= 4 is 52.6 Å². The van der Waals surface area contributed by atoms with Crippen molar-refractivity contribution in [1.82, 2.24) is 20.1 Å². The Hall–Kier alpha value is -2.49. The highest BCUT2D eigenvalue weighted by molar-refractivity contribution is 7.99. The Bertz CT molecular complexity index is 1040. The predicted molar refractivity (Wildman–Crippen MR) is 121 cm³/mol. The topological polar surface area (TPSA) is 88.9 Å². The molecule has 0 atom stereocenters. The van der Waals surface area contributed by atoms with Gasteiger partial charge in [-0.2, -0.15) is 0 Å². The molecule has 156 valence electrons. The van der Waals surface area contributed by atoms with Gasteiger partial charge in [-0.15, -0.1) is 22.0 Å². The molecule has 7 nitrogen and oxygen atoms in total. The molecule has 2 amide bonds. The van der Waals surface area contributed by atoms with E-state index in [1.54, 1.807) is 47.6 Å². The smallest absolute Gasteiger partial charge is 0.251 e. The summed E-state index contributed by atoms with van der Waals surface area (Å²) in [6.07, 6.45) is 1.99. The van der Waals surface area contributed by atoms with E-state index in [0.717, 1.165) is 10.6 Å². The highest BCUT2D eigenvalue weighted by Crippen LogP contribution is 2.20. The molecule has 0 radical (unpaired) electrons. The Morgan fingerprint density at radius 3 is 2.63 bits per heavy atom. The van der Waals surface area contributed by atoms with E-state index >= 15 is 0 Å². The SMILES string of the molecule is CSc1cccc(NC(=O)CSc2nnc(CNC(=O)c3ccc(Cl)cc3)n2C)c1. The number of carbonyl (C=O) groups is 2. The summed E-state index contributed by atoms with van der Waals surface area (Å²) in [5.41, 5.74) is 1.27. The number of amides is 2. The largest absolute Gasteiger partial charge is 0.345 e. The van der Waals surface area contributed by atoms with Gasteiger partial charge in [0.2, 0.25) is 5.91 Å². The summed E-state index contributed by atoms with van der Waals surface area (Å²) < 4.78 is 1.76. The number of hydrogen-bond acceptors (Lipinski definition) is 6. The minimum absolute atomic E-state index is 0.126. The molecule has 2 aromatic carbocycles. The van der Waals surface area contributed by atoms with Crippen molar-refractivity contribution in [3.63, 3.8) is 0 Å².